The number of hydrogen-bond acceptors (Lipinski definition) is 4. The summed E-state index contributed by atoms with van der Waals surface area (Å²) < 4.78 is 1.83. The van der Waals surface area contributed by atoms with E-state index in [9.17, 15) is 9.90 Å². The van der Waals surface area contributed by atoms with Crippen molar-refractivity contribution >= 4 is 12.1 Å². The van der Waals surface area contributed by atoms with Crippen molar-refractivity contribution in [2.75, 3.05) is 24.6 Å². The van der Waals surface area contributed by atoms with Crippen LogP contribution in [0.4, 0.5) is 5.82 Å². The fourth-order valence-electron chi connectivity index (χ4n) is 2.89. The van der Waals surface area contributed by atoms with Gasteiger partial charge in [0.1, 0.15) is 5.82 Å². The third-order valence-electron chi connectivity index (χ3n) is 4.04. The minimum absolute atomic E-state index is 0.186. The molecular formula is C16H19N3O2. The first kappa shape index (κ1) is 13.8. The van der Waals surface area contributed by atoms with Crippen LogP contribution in [0.2, 0.25) is 0 Å². The molecule has 1 aromatic heterocycles. The zero-order valence-corrected chi connectivity index (χ0v) is 12.1. The van der Waals surface area contributed by atoms with E-state index in [-0.39, 0.29) is 12.5 Å². The average Bonchev–Trinajstić information content (AvgIpc) is 3.11. The number of aldehydes is 1. The molecule has 3 rings (SSSR count). The molecule has 2 aromatic rings. The Morgan fingerprint density at radius 1 is 1.38 bits per heavy atom. The number of benzene rings is 1. The number of aromatic nitrogens is 2. The topological polar surface area (TPSA) is 58.4 Å². The van der Waals surface area contributed by atoms with Gasteiger partial charge in [0, 0.05) is 25.6 Å². The summed E-state index contributed by atoms with van der Waals surface area (Å²) in [4.78, 5) is 13.6. The summed E-state index contributed by atoms with van der Waals surface area (Å²) in [6.45, 7) is 3.64. The lowest BCUT2D eigenvalue weighted by Crippen LogP contribution is -2.24. The highest BCUT2D eigenvalue weighted by Crippen LogP contribution is 2.30. The van der Waals surface area contributed by atoms with Crippen LogP contribution in [-0.2, 0) is 0 Å². The molecule has 1 saturated heterocycles. The molecular weight excluding hydrogens is 266 g/mol. The van der Waals surface area contributed by atoms with Crippen LogP contribution in [0, 0.1) is 12.8 Å². The van der Waals surface area contributed by atoms with Crippen molar-refractivity contribution in [2.24, 2.45) is 5.92 Å². The lowest BCUT2D eigenvalue weighted by molar-refractivity contribution is 0.112. The third kappa shape index (κ3) is 2.45. The van der Waals surface area contributed by atoms with E-state index in [1.807, 2.05) is 41.9 Å². The van der Waals surface area contributed by atoms with Crippen LogP contribution in [0.25, 0.3) is 5.69 Å². The second-order valence-electron chi connectivity index (χ2n) is 5.47. The normalized spacial score (nSPS) is 18.2. The van der Waals surface area contributed by atoms with E-state index < -0.39 is 0 Å². The van der Waals surface area contributed by atoms with Gasteiger partial charge >= 0.3 is 0 Å². The molecule has 0 radical (unpaired) electrons. The number of rotatable bonds is 4. The minimum atomic E-state index is 0.186. The minimum Gasteiger partial charge on any atom is -0.396 e. The third-order valence-corrected chi connectivity index (χ3v) is 4.04. The van der Waals surface area contributed by atoms with Crippen molar-refractivity contribution in [3.8, 4) is 5.69 Å². The number of aryl methyl sites for hydroxylation is 1. The van der Waals surface area contributed by atoms with Gasteiger partial charge in [-0.15, -0.1) is 0 Å². The van der Waals surface area contributed by atoms with Crippen LogP contribution in [0.1, 0.15) is 22.5 Å². The smallest absolute Gasteiger partial charge is 0.155 e. The molecule has 1 fully saturated rings. The molecule has 1 aliphatic rings. The van der Waals surface area contributed by atoms with Crippen LogP contribution < -0.4 is 4.90 Å². The molecule has 0 saturated carbocycles. The van der Waals surface area contributed by atoms with Crippen LogP contribution in [0.15, 0.2) is 30.3 Å². The Bertz CT molecular complexity index is 636. The molecule has 0 spiro atoms. The summed E-state index contributed by atoms with van der Waals surface area (Å²) in [6.07, 6.45) is 1.82. The first-order valence-corrected chi connectivity index (χ1v) is 7.20. The quantitative estimate of drug-likeness (QED) is 0.870. The second kappa shape index (κ2) is 5.69. The van der Waals surface area contributed by atoms with Crippen molar-refractivity contribution in [1.29, 1.82) is 0 Å². The molecule has 21 heavy (non-hydrogen) atoms. The number of carbonyl (C=O) groups is 1. The summed E-state index contributed by atoms with van der Waals surface area (Å²) in [5.41, 5.74) is 2.31. The van der Waals surface area contributed by atoms with Gasteiger partial charge in [-0.3, -0.25) is 4.79 Å². The standard InChI is InChI=1S/C16H19N3O2/c1-12-15(11-21)16(18-8-7-13(9-18)10-20)19(17-12)14-5-3-2-4-6-14/h2-6,11,13,20H,7-10H2,1H3. The van der Waals surface area contributed by atoms with Crippen LogP contribution in [-0.4, -0.2) is 40.9 Å². The van der Waals surface area contributed by atoms with Gasteiger partial charge in [0.2, 0.25) is 0 Å². The van der Waals surface area contributed by atoms with E-state index in [0.717, 1.165) is 43.0 Å². The molecule has 1 atom stereocenters. The van der Waals surface area contributed by atoms with E-state index in [1.54, 1.807) is 0 Å². The predicted molar refractivity (Wildman–Crippen MR) is 81.1 cm³/mol. The summed E-state index contributed by atoms with van der Waals surface area (Å²) in [5, 5.41) is 13.9. The van der Waals surface area contributed by atoms with Gasteiger partial charge in [0.15, 0.2) is 6.29 Å². The number of nitrogens with zero attached hydrogens (tertiary/aromatic N) is 3. The monoisotopic (exact) mass is 285 g/mol. The molecule has 0 amide bonds. The highest BCUT2D eigenvalue weighted by molar-refractivity contribution is 5.85. The number of aliphatic hydroxyl groups is 1. The van der Waals surface area contributed by atoms with E-state index in [1.165, 1.54) is 0 Å². The Kier molecular flexibility index (Phi) is 3.75. The van der Waals surface area contributed by atoms with Crippen molar-refractivity contribution in [1.82, 2.24) is 9.78 Å². The fraction of sp³-hybridized carbons (Fsp3) is 0.375. The average molecular weight is 285 g/mol. The summed E-state index contributed by atoms with van der Waals surface area (Å²) in [7, 11) is 0. The molecule has 0 aliphatic carbocycles. The highest BCUT2D eigenvalue weighted by atomic mass is 16.3. The number of anilines is 1. The van der Waals surface area contributed by atoms with Gasteiger partial charge in [-0.25, -0.2) is 4.68 Å². The Labute approximate surface area is 123 Å². The molecule has 2 heterocycles. The zero-order chi connectivity index (χ0) is 14.8. The Morgan fingerprint density at radius 2 is 2.14 bits per heavy atom. The SMILES string of the molecule is Cc1nn(-c2ccccc2)c(N2CCC(CO)C2)c1C=O. The molecule has 5 nitrogen and oxygen atoms in total. The van der Waals surface area contributed by atoms with Gasteiger partial charge < -0.3 is 10.0 Å². The van der Waals surface area contributed by atoms with E-state index in [0.29, 0.717) is 5.56 Å². The first-order chi connectivity index (χ1) is 10.2. The maximum Gasteiger partial charge on any atom is 0.155 e. The van der Waals surface area contributed by atoms with Gasteiger partial charge in [0.25, 0.3) is 0 Å². The van der Waals surface area contributed by atoms with Gasteiger partial charge in [0.05, 0.1) is 16.9 Å². The van der Waals surface area contributed by atoms with Crippen molar-refractivity contribution in [3.05, 3.63) is 41.6 Å². The second-order valence-corrected chi connectivity index (χ2v) is 5.47. The molecule has 1 aromatic carbocycles. The van der Waals surface area contributed by atoms with Crippen LogP contribution in [0.3, 0.4) is 0 Å². The molecule has 110 valence electrons. The lowest BCUT2D eigenvalue weighted by atomic mass is 10.1. The number of hydrogen-bond donors (Lipinski definition) is 1. The van der Waals surface area contributed by atoms with Gasteiger partial charge in [-0.1, -0.05) is 18.2 Å². The Morgan fingerprint density at radius 3 is 2.76 bits per heavy atom. The molecule has 0 bridgehead atoms. The van der Waals surface area contributed by atoms with Gasteiger partial charge in [-0.05, 0) is 25.5 Å². The van der Waals surface area contributed by atoms with Gasteiger partial charge in [-0.2, -0.15) is 5.10 Å². The van der Waals surface area contributed by atoms with Crippen molar-refractivity contribution in [2.45, 2.75) is 13.3 Å². The zero-order valence-electron chi connectivity index (χ0n) is 12.1. The van der Waals surface area contributed by atoms with Crippen LogP contribution in [0.5, 0.6) is 0 Å². The van der Waals surface area contributed by atoms with Crippen molar-refractivity contribution < 1.29 is 9.90 Å². The molecule has 1 unspecified atom stereocenters. The predicted octanol–water partition coefficient (Wildman–Crippen LogP) is 1.81. The summed E-state index contributed by atoms with van der Waals surface area (Å²) >= 11 is 0. The summed E-state index contributed by atoms with van der Waals surface area (Å²) in [6, 6.07) is 9.82. The van der Waals surface area contributed by atoms with Crippen molar-refractivity contribution in [3.63, 3.8) is 0 Å². The number of aliphatic hydroxyl groups excluding tert-OH is 1. The fourth-order valence-corrected chi connectivity index (χ4v) is 2.89. The van der Waals surface area contributed by atoms with E-state index in [2.05, 4.69) is 10.00 Å². The number of carbonyl (C=O) groups excluding carboxylic acids is 1. The Hall–Kier alpha value is -2.14. The number of para-hydroxylation sites is 1. The Balaban J connectivity index is 2.07. The molecule has 1 aliphatic heterocycles. The first-order valence-electron chi connectivity index (χ1n) is 7.20. The summed E-state index contributed by atoms with van der Waals surface area (Å²) in [5.74, 6) is 1.11. The van der Waals surface area contributed by atoms with Crippen LogP contribution >= 0.6 is 0 Å². The highest BCUT2D eigenvalue weighted by Gasteiger charge is 2.28. The van der Waals surface area contributed by atoms with E-state index >= 15 is 0 Å². The maximum atomic E-state index is 11.5. The maximum absolute atomic E-state index is 11.5. The van der Waals surface area contributed by atoms with E-state index in [4.69, 9.17) is 0 Å². The largest absolute Gasteiger partial charge is 0.396 e. The molecule has 5 heteroatoms. The lowest BCUT2D eigenvalue weighted by Gasteiger charge is -2.20. The molecule has 1 N–H and O–H groups in total.